The lowest BCUT2D eigenvalue weighted by Gasteiger charge is -2.18. The molecule has 0 saturated heterocycles. The summed E-state index contributed by atoms with van der Waals surface area (Å²) in [7, 11) is 0. The third-order valence-electron chi connectivity index (χ3n) is 4.42. The van der Waals surface area contributed by atoms with E-state index in [1.807, 2.05) is 12.1 Å². The normalized spacial score (nSPS) is 12.6. The molecule has 156 valence electrons. The number of imide groups is 1. The van der Waals surface area contributed by atoms with Gasteiger partial charge in [0.15, 0.2) is 18.1 Å². The molecule has 0 unspecified atom stereocenters. The topological polar surface area (TPSA) is 90.9 Å². The number of fused-ring (bicyclic) bond motifs is 1. The number of hydrogen-bond donors (Lipinski definition) is 1. The molecule has 0 spiro atoms. The van der Waals surface area contributed by atoms with Crippen LogP contribution in [0, 0.1) is 0 Å². The van der Waals surface area contributed by atoms with Gasteiger partial charge in [0.25, 0.3) is 11.8 Å². The summed E-state index contributed by atoms with van der Waals surface area (Å²) in [5.74, 6) is -0.718. The van der Waals surface area contributed by atoms with Gasteiger partial charge >= 0.3 is 5.97 Å². The molecule has 0 atom stereocenters. The van der Waals surface area contributed by atoms with Crippen molar-refractivity contribution >= 4 is 23.9 Å². The third-order valence-corrected chi connectivity index (χ3v) is 4.42. The second-order valence-electron chi connectivity index (χ2n) is 7.76. The SMILES string of the molecule is CC(C)(C)c1ccc(C(=O)NC(=O)COC(=O)/C=C/c2ccc3c(c2)OCO3)cc1. The van der Waals surface area contributed by atoms with E-state index < -0.39 is 24.4 Å². The number of benzene rings is 2. The molecule has 0 fully saturated rings. The van der Waals surface area contributed by atoms with Crippen molar-refractivity contribution in [3.05, 3.63) is 65.2 Å². The first-order valence-electron chi connectivity index (χ1n) is 9.41. The maximum absolute atomic E-state index is 12.2. The molecule has 2 aromatic carbocycles. The molecule has 1 heterocycles. The molecule has 1 aliphatic heterocycles. The number of nitrogens with one attached hydrogen (secondary N) is 1. The zero-order valence-corrected chi connectivity index (χ0v) is 17.1. The number of esters is 1. The summed E-state index contributed by atoms with van der Waals surface area (Å²) in [6, 6.07) is 12.2. The van der Waals surface area contributed by atoms with Gasteiger partial charge in [0, 0.05) is 11.6 Å². The van der Waals surface area contributed by atoms with Gasteiger partial charge in [-0.1, -0.05) is 39.0 Å². The van der Waals surface area contributed by atoms with Gasteiger partial charge in [-0.05, 0) is 46.9 Å². The molecule has 7 nitrogen and oxygen atoms in total. The number of hydrogen-bond acceptors (Lipinski definition) is 6. The highest BCUT2D eigenvalue weighted by Gasteiger charge is 2.16. The van der Waals surface area contributed by atoms with Crippen LogP contribution in [0.4, 0.5) is 0 Å². The lowest BCUT2D eigenvalue weighted by molar-refractivity contribution is -0.143. The van der Waals surface area contributed by atoms with Crippen molar-refractivity contribution in [2.75, 3.05) is 13.4 Å². The smallest absolute Gasteiger partial charge is 0.331 e. The number of carbonyl (C=O) groups is 3. The van der Waals surface area contributed by atoms with Crippen LogP contribution in [0.3, 0.4) is 0 Å². The summed E-state index contributed by atoms with van der Waals surface area (Å²) in [6.45, 7) is 5.82. The molecule has 0 aromatic heterocycles. The average molecular weight is 409 g/mol. The van der Waals surface area contributed by atoms with E-state index in [9.17, 15) is 14.4 Å². The molecule has 1 aliphatic rings. The third kappa shape index (κ3) is 5.47. The van der Waals surface area contributed by atoms with Crippen LogP contribution in [-0.4, -0.2) is 31.2 Å². The van der Waals surface area contributed by atoms with E-state index >= 15 is 0 Å². The zero-order valence-electron chi connectivity index (χ0n) is 17.1. The van der Waals surface area contributed by atoms with Gasteiger partial charge < -0.3 is 14.2 Å². The Kier molecular flexibility index (Phi) is 6.20. The van der Waals surface area contributed by atoms with Crippen molar-refractivity contribution in [1.29, 1.82) is 0 Å². The van der Waals surface area contributed by atoms with E-state index in [0.717, 1.165) is 11.1 Å². The average Bonchev–Trinajstić information content (AvgIpc) is 3.18. The first-order chi connectivity index (χ1) is 14.2. The molecule has 0 saturated carbocycles. The van der Waals surface area contributed by atoms with Crippen molar-refractivity contribution in [3.63, 3.8) is 0 Å². The molecule has 3 rings (SSSR count). The predicted octanol–water partition coefficient (Wildman–Crippen LogP) is 3.23. The molecule has 0 aliphatic carbocycles. The summed E-state index contributed by atoms with van der Waals surface area (Å²) in [5, 5.41) is 2.20. The summed E-state index contributed by atoms with van der Waals surface area (Å²) >= 11 is 0. The van der Waals surface area contributed by atoms with E-state index in [-0.39, 0.29) is 12.2 Å². The van der Waals surface area contributed by atoms with Crippen molar-refractivity contribution in [1.82, 2.24) is 5.32 Å². The van der Waals surface area contributed by atoms with Crippen LogP contribution in [0.1, 0.15) is 42.3 Å². The Morgan fingerprint density at radius 2 is 1.73 bits per heavy atom. The quantitative estimate of drug-likeness (QED) is 0.602. The highest BCUT2D eigenvalue weighted by atomic mass is 16.7. The lowest BCUT2D eigenvalue weighted by Crippen LogP contribution is -2.34. The fourth-order valence-corrected chi connectivity index (χ4v) is 2.72. The van der Waals surface area contributed by atoms with Crippen LogP contribution in [0.5, 0.6) is 11.5 Å². The highest BCUT2D eigenvalue weighted by Crippen LogP contribution is 2.32. The number of rotatable bonds is 5. The minimum atomic E-state index is -0.704. The van der Waals surface area contributed by atoms with Crippen LogP contribution >= 0.6 is 0 Å². The van der Waals surface area contributed by atoms with E-state index in [0.29, 0.717) is 17.1 Å². The van der Waals surface area contributed by atoms with Crippen molar-refractivity contribution in [2.24, 2.45) is 0 Å². The number of amides is 2. The molecule has 2 amide bonds. The summed E-state index contributed by atoms with van der Waals surface area (Å²) < 4.78 is 15.4. The number of carbonyl (C=O) groups excluding carboxylic acids is 3. The first-order valence-corrected chi connectivity index (χ1v) is 9.41. The van der Waals surface area contributed by atoms with E-state index in [4.69, 9.17) is 14.2 Å². The molecular formula is C23H23NO6. The van der Waals surface area contributed by atoms with Gasteiger partial charge in [0.1, 0.15) is 0 Å². The highest BCUT2D eigenvalue weighted by molar-refractivity contribution is 6.05. The monoisotopic (exact) mass is 409 g/mol. The summed E-state index contributed by atoms with van der Waals surface area (Å²) in [4.78, 5) is 35.9. The Hall–Kier alpha value is -3.61. The second kappa shape index (κ2) is 8.82. The van der Waals surface area contributed by atoms with E-state index in [2.05, 4.69) is 26.1 Å². The zero-order chi connectivity index (χ0) is 21.7. The van der Waals surface area contributed by atoms with Crippen LogP contribution < -0.4 is 14.8 Å². The fourth-order valence-electron chi connectivity index (χ4n) is 2.72. The molecule has 0 bridgehead atoms. The van der Waals surface area contributed by atoms with Crippen molar-refractivity contribution in [3.8, 4) is 11.5 Å². The van der Waals surface area contributed by atoms with Gasteiger partial charge in [-0.3, -0.25) is 14.9 Å². The number of ether oxygens (including phenoxy) is 3. The maximum atomic E-state index is 12.2. The Balaban J connectivity index is 1.46. The Morgan fingerprint density at radius 3 is 2.43 bits per heavy atom. The van der Waals surface area contributed by atoms with Crippen LogP contribution in [-0.2, 0) is 19.7 Å². The molecule has 7 heteroatoms. The largest absolute Gasteiger partial charge is 0.454 e. The van der Waals surface area contributed by atoms with E-state index in [1.54, 1.807) is 30.3 Å². The van der Waals surface area contributed by atoms with Gasteiger partial charge in [0.05, 0.1) is 0 Å². The van der Waals surface area contributed by atoms with Gasteiger partial charge in [-0.2, -0.15) is 0 Å². The Labute approximate surface area is 174 Å². The molecule has 1 N–H and O–H groups in total. The second-order valence-corrected chi connectivity index (χ2v) is 7.76. The van der Waals surface area contributed by atoms with E-state index in [1.165, 1.54) is 12.2 Å². The first kappa shape index (κ1) is 21.1. The van der Waals surface area contributed by atoms with Crippen LogP contribution in [0.25, 0.3) is 6.08 Å². The minimum Gasteiger partial charge on any atom is -0.454 e. The standard InChI is InChI=1S/C23H23NO6/c1-23(2,3)17-8-6-16(7-9-17)22(27)24-20(25)13-28-21(26)11-5-15-4-10-18-19(12-15)30-14-29-18/h4-12H,13-14H2,1-3H3,(H,24,25,27)/b11-5+. The molecular weight excluding hydrogens is 386 g/mol. The van der Waals surface area contributed by atoms with Crippen LogP contribution in [0.15, 0.2) is 48.5 Å². The molecule has 2 aromatic rings. The van der Waals surface area contributed by atoms with Gasteiger partial charge in [0.2, 0.25) is 6.79 Å². The summed E-state index contributed by atoms with van der Waals surface area (Å²) in [6.07, 6.45) is 2.72. The molecule has 0 radical (unpaired) electrons. The minimum absolute atomic E-state index is 0.0346. The van der Waals surface area contributed by atoms with Crippen LogP contribution in [0.2, 0.25) is 0 Å². The fraction of sp³-hybridized carbons (Fsp3) is 0.261. The van der Waals surface area contributed by atoms with Crippen molar-refractivity contribution < 1.29 is 28.6 Å². The lowest BCUT2D eigenvalue weighted by atomic mass is 9.87. The maximum Gasteiger partial charge on any atom is 0.331 e. The Bertz CT molecular complexity index is 986. The van der Waals surface area contributed by atoms with Gasteiger partial charge in [-0.25, -0.2) is 4.79 Å². The molecule has 30 heavy (non-hydrogen) atoms. The predicted molar refractivity (Wildman–Crippen MR) is 110 cm³/mol. The van der Waals surface area contributed by atoms with Crippen molar-refractivity contribution in [2.45, 2.75) is 26.2 Å². The Morgan fingerprint density at radius 1 is 1.03 bits per heavy atom. The summed E-state index contributed by atoms with van der Waals surface area (Å²) in [5.41, 5.74) is 2.11. The van der Waals surface area contributed by atoms with Gasteiger partial charge in [-0.15, -0.1) is 0 Å².